The zero-order chi connectivity index (χ0) is 22.5. The summed E-state index contributed by atoms with van der Waals surface area (Å²) in [7, 11) is 0. The van der Waals surface area contributed by atoms with Gasteiger partial charge in [0.2, 0.25) is 0 Å². The highest BCUT2D eigenvalue weighted by atomic mass is 32.1. The second-order valence-electron chi connectivity index (χ2n) is 7.83. The number of nitrogens with zero attached hydrogens (tertiary/aromatic N) is 2. The number of nitrogens with one attached hydrogen (secondary N) is 1. The Balaban J connectivity index is 1.25. The van der Waals surface area contributed by atoms with Gasteiger partial charge in [-0.1, -0.05) is 54.6 Å². The van der Waals surface area contributed by atoms with Crippen LogP contribution in [-0.2, 0) is 13.0 Å². The lowest BCUT2D eigenvalue weighted by Crippen LogP contribution is -2.24. The van der Waals surface area contributed by atoms with Crippen molar-refractivity contribution in [3.8, 4) is 5.75 Å². The number of carbonyl (C=O) groups excluding carboxylic acids is 1. The smallest absolute Gasteiger partial charge is 0.261 e. The van der Waals surface area contributed by atoms with Gasteiger partial charge in [-0.25, -0.2) is 4.98 Å². The van der Waals surface area contributed by atoms with Crippen LogP contribution in [0.1, 0.15) is 21.9 Å². The van der Waals surface area contributed by atoms with Crippen molar-refractivity contribution in [1.29, 1.82) is 0 Å². The number of rotatable bonds is 9. The highest BCUT2D eigenvalue weighted by Gasteiger charge is 2.12. The molecule has 0 aliphatic rings. The van der Waals surface area contributed by atoms with Gasteiger partial charge >= 0.3 is 0 Å². The van der Waals surface area contributed by atoms with Gasteiger partial charge in [-0.15, -0.1) is 11.3 Å². The van der Waals surface area contributed by atoms with E-state index in [1.807, 2.05) is 60.0 Å². The molecule has 3 aromatic carbocycles. The first-order valence-electron chi connectivity index (χ1n) is 11.2. The molecule has 0 spiro atoms. The minimum Gasteiger partial charge on any atom is -0.491 e. The van der Waals surface area contributed by atoms with E-state index in [2.05, 4.69) is 34.1 Å². The Labute approximate surface area is 196 Å². The summed E-state index contributed by atoms with van der Waals surface area (Å²) in [6, 6.07) is 26.3. The SMILES string of the molecule is O=C(NCCCc1nc2ccccc2n1CCOc1cccc2ccccc12)c1cccs1. The topological polar surface area (TPSA) is 56.2 Å². The van der Waals surface area contributed by atoms with Crippen LogP contribution < -0.4 is 10.1 Å². The fraction of sp³-hybridized carbons (Fsp3) is 0.185. The Kier molecular flexibility index (Phi) is 6.35. The van der Waals surface area contributed by atoms with Gasteiger partial charge in [-0.3, -0.25) is 4.79 Å². The van der Waals surface area contributed by atoms with Crippen LogP contribution in [0.25, 0.3) is 21.8 Å². The molecule has 0 radical (unpaired) electrons. The lowest BCUT2D eigenvalue weighted by atomic mass is 10.1. The van der Waals surface area contributed by atoms with E-state index >= 15 is 0 Å². The number of aromatic nitrogens is 2. The van der Waals surface area contributed by atoms with E-state index in [9.17, 15) is 4.79 Å². The van der Waals surface area contributed by atoms with Crippen molar-refractivity contribution in [1.82, 2.24) is 14.9 Å². The summed E-state index contributed by atoms with van der Waals surface area (Å²) in [5, 5.41) is 7.21. The Morgan fingerprint density at radius 1 is 0.970 bits per heavy atom. The summed E-state index contributed by atoms with van der Waals surface area (Å²) in [6.07, 6.45) is 1.61. The number of hydrogen-bond acceptors (Lipinski definition) is 4. The van der Waals surface area contributed by atoms with Crippen LogP contribution in [0, 0.1) is 0 Å². The van der Waals surface area contributed by atoms with Crippen LogP contribution in [0.3, 0.4) is 0 Å². The number of ether oxygens (including phenoxy) is 1. The quantitative estimate of drug-likeness (QED) is 0.290. The molecule has 5 rings (SSSR count). The van der Waals surface area contributed by atoms with Crippen molar-refractivity contribution in [3.63, 3.8) is 0 Å². The van der Waals surface area contributed by atoms with Crippen LogP contribution in [0.15, 0.2) is 84.2 Å². The van der Waals surface area contributed by atoms with E-state index in [4.69, 9.17) is 9.72 Å². The molecule has 166 valence electrons. The molecule has 0 aliphatic heterocycles. The van der Waals surface area contributed by atoms with Gasteiger partial charge in [0.15, 0.2) is 0 Å². The van der Waals surface area contributed by atoms with Gasteiger partial charge in [-0.2, -0.15) is 0 Å². The summed E-state index contributed by atoms with van der Waals surface area (Å²) in [5.74, 6) is 1.90. The van der Waals surface area contributed by atoms with Gasteiger partial charge in [0, 0.05) is 18.4 Å². The number of imidazole rings is 1. The standard InChI is InChI=1S/C27H25N3O2S/c31-27(25-14-7-19-33-25)28-16-6-15-26-29-22-11-3-4-12-23(22)30(26)17-18-32-24-13-5-9-20-8-1-2-10-21(20)24/h1-5,7-14,19H,6,15-18H2,(H,28,31). The van der Waals surface area contributed by atoms with Crippen LogP contribution in [0.2, 0.25) is 0 Å². The molecule has 2 aromatic heterocycles. The molecule has 0 fully saturated rings. The maximum Gasteiger partial charge on any atom is 0.261 e. The monoisotopic (exact) mass is 455 g/mol. The Morgan fingerprint density at radius 3 is 2.73 bits per heavy atom. The third-order valence-electron chi connectivity index (χ3n) is 5.66. The molecule has 2 heterocycles. The zero-order valence-corrected chi connectivity index (χ0v) is 19.1. The van der Waals surface area contributed by atoms with Gasteiger partial charge in [-0.05, 0) is 41.5 Å². The third kappa shape index (κ3) is 4.76. The zero-order valence-electron chi connectivity index (χ0n) is 18.2. The molecule has 0 aliphatic carbocycles. The number of carbonyl (C=O) groups is 1. The van der Waals surface area contributed by atoms with Crippen molar-refractivity contribution >= 4 is 39.0 Å². The van der Waals surface area contributed by atoms with Gasteiger partial charge in [0.05, 0.1) is 22.5 Å². The summed E-state index contributed by atoms with van der Waals surface area (Å²) in [6.45, 7) is 1.88. The number of thiophene rings is 1. The van der Waals surface area contributed by atoms with Crippen molar-refractivity contribution in [2.24, 2.45) is 0 Å². The van der Waals surface area contributed by atoms with Crippen LogP contribution in [0.4, 0.5) is 0 Å². The minimum atomic E-state index is -0.0120. The Morgan fingerprint density at radius 2 is 1.82 bits per heavy atom. The highest BCUT2D eigenvalue weighted by molar-refractivity contribution is 7.12. The van der Waals surface area contributed by atoms with Crippen molar-refractivity contribution in [3.05, 3.63) is 94.9 Å². The average Bonchev–Trinajstić information content (AvgIpc) is 3.51. The van der Waals surface area contributed by atoms with E-state index < -0.39 is 0 Å². The number of hydrogen-bond donors (Lipinski definition) is 1. The molecule has 0 saturated heterocycles. The summed E-state index contributed by atoms with van der Waals surface area (Å²) in [5.41, 5.74) is 2.09. The molecule has 1 amide bonds. The number of benzene rings is 3. The lowest BCUT2D eigenvalue weighted by Gasteiger charge is -2.12. The van der Waals surface area contributed by atoms with E-state index in [0.717, 1.165) is 45.7 Å². The maximum atomic E-state index is 12.2. The number of fused-ring (bicyclic) bond motifs is 2. The molecule has 0 unspecified atom stereocenters. The number of para-hydroxylation sites is 2. The molecule has 5 aromatic rings. The molecule has 6 heteroatoms. The van der Waals surface area contributed by atoms with Crippen LogP contribution in [-0.4, -0.2) is 28.6 Å². The molecule has 0 bridgehead atoms. The largest absolute Gasteiger partial charge is 0.491 e. The summed E-state index contributed by atoms with van der Waals surface area (Å²) >= 11 is 1.46. The van der Waals surface area contributed by atoms with Crippen molar-refractivity contribution in [2.75, 3.05) is 13.2 Å². The first-order chi connectivity index (χ1) is 16.3. The van der Waals surface area contributed by atoms with E-state index in [1.165, 1.54) is 16.7 Å². The van der Waals surface area contributed by atoms with Gasteiger partial charge < -0.3 is 14.6 Å². The predicted octanol–water partition coefficient (Wildman–Crippen LogP) is 5.69. The predicted molar refractivity (Wildman–Crippen MR) is 134 cm³/mol. The third-order valence-corrected chi connectivity index (χ3v) is 6.53. The number of aryl methyl sites for hydroxylation is 1. The van der Waals surface area contributed by atoms with Gasteiger partial charge in [0.25, 0.3) is 5.91 Å². The second kappa shape index (κ2) is 9.88. The Bertz CT molecular complexity index is 1370. The van der Waals surface area contributed by atoms with Crippen molar-refractivity contribution < 1.29 is 9.53 Å². The molecule has 0 atom stereocenters. The minimum absolute atomic E-state index is 0.0120. The first kappa shape index (κ1) is 21.2. The van der Waals surface area contributed by atoms with Crippen LogP contribution >= 0.6 is 11.3 Å². The lowest BCUT2D eigenvalue weighted by molar-refractivity contribution is 0.0957. The maximum absolute atomic E-state index is 12.2. The second-order valence-corrected chi connectivity index (χ2v) is 8.78. The molecular formula is C27H25N3O2S. The van der Waals surface area contributed by atoms with E-state index in [1.54, 1.807) is 0 Å². The van der Waals surface area contributed by atoms with E-state index in [-0.39, 0.29) is 5.91 Å². The fourth-order valence-electron chi connectivity index (χ4n) is 4.08. The average molecular weight is 456 g/mol. The van der Waals surface area contributed by atoms with Crippen LogP contribution in [0.5, 0.6) is 5.75 Å². The first-order valence-corrected chi connectivity index (χ1v) is 12.0. The molecular weight excluding hydrogens is 430 g/mol. The molecule has 5 nitrogen and oxygen atoms in total. The normalized spacial score (nSPS) is 11.2. The summed E-state index contributed by atoms with van der Waals surface area (Å²) < 4.78 is 8.43. The van der Waals surface area contributed by atoms with Crippen molar-refractivity contribution in [2.45, 2.75) is 19.4 Å². The molecule has 33 heavy (non-hydrogen) atoms. The molecule has 1 N–H and O–H groups in total. The Hall–Kier alpha value is -3.64. The van der Waals surface area contributed by atoms with E-state index in [0.29, 0.717) is 19.7 Å². The fourth-order valence-corrected chi connectivity index (χ4v) is 4.72. The number of amides is 1. The highest BCUT2D eigenvalue weighted by Crippen LogP contribution is 2.25. The molecule has 0 saturated carbocycles. The van der Waals surface area contributed by atoms with Gasteiger partial charge in [0.1, 0.15) is 18.2 Å². The summed E-state index contributed by atoms with van der Waals surface area (Å²) in [4.78, 5) is 17.8.